The van der Waals surface area contributed by atoms with Gasteiger partial charge in [-0.05, 0) is 23.7 Å². The van der Waals surface area contributed by atoms with E-state index in [1.807, 2.05) is 0 Å². The van der Waals surface area contributed by atoms with Crippen molar-refractivity contribution in [2.45, 2.75) is 26.7 Å². The summed E-state index contributed by atoms with van der Waals surface area (Å²) in [7, 11) is 0. The first-order valence-corrected chi connectivity index (χ1v) is 6.10. The van der Waals surface area contributed by atoms with E-state index in [4.69, 9.17) is 21.1 Å². The van der Waals surface area contributed by atoms with E-state index in [-0.39, 0.29) is 29.9 Å². The molecule has 0 bridgehead atoms. The van der Waals surface area contributed by atoms with Crippen molar-refractivity contribution in [3.05, 3.63) is 23.8 Å². The highest BCUT2D eigenvalue weighted by atomic mass is 35.5. The van der Waals surface area contributed by atoms with E-state index in [2.05, 4.69) is 0 Å². The molecule has 5 nitrogen and oxygen atoms in total. The molecule has 0 fully saturated rings. The number of halogens is 1. The fraction of sp³-hybridized carbons (Fsp3) is 0.308. The Labute approximate surface area is 115 Å². The molecule has 0 aliphatic rings. The van der Waals surface area contributed by atoms with Crippen molar-refractivity contribution >= 4 is 28.8 Å². The fourth-order valence-electron chi connectivity index (χ4n) is 1.21. The van der Waals surface area contributed by atoms with Crippen LogP contribution in [0.1, 0.15) is 37.0 Å². The molecule has 0 aliphatic heterocycles. The Hall–Kier alpha value is -1.88. The van der Waals surface area contributed by atoms with Crippen LogP contribution < -0.4 is 9.47 Å². The fourth-order valence-corrected chi connectivity index (χ4v) is 1.32. The number of benzene rings is 1. The lowest BCUT2D eigenvalue weighted by Gasteiger charge is -2.08. The highest BCUT2D eigenvalue weighted by molar-refractivity contribution is 6.67. The second kappa shape index (κ2) is 6.89. The topological polar surface area (TPSA) is 69.7 Å². The summed E-state index contributed by atoms with van der Waals surface area (Å²) < 4.78 is 9.94. The molecule has 0 heterocycles. The van der Waals surface area contributed by atoms with E-state index in [1.165, 1.54) is 18.2 Å². The molecule has 0 saturated heterocycles. The molecular weight excluding hydrogens is 272 g/mol. The van der Waals surface area contributed by atoms with E-state index in [0.29, 0.717) is 0 Å². The molecule has 1 aromatic rings. The predicted octanol–water partition coefficient (Wildman–Crippen LogP) is 2.70. The lowest BCUT2D eigenvalue weighted by molar-refractivity contribution is -0.134. The van der Waals surface area contributed by atoms with Crippen LogP contribution in [0, 0.1) is 0 Å². The van der Waals surface area contributed by atoms with Gasteiger partial charge in [0.25, 0.3) is 5.24 Å². The summed E-state index contributed by atoms with van der Waals surface area (Å²) in [5, 5.41) is -0.733. The van der Waals surface area contributed by atoms with Crippen LogP contribution in [0.4, 0.5) is 0 Å². The number of rotatable bonds is 5. The summed E-state index contributed by atoms with van der Waals surface area (Å²) in [6.07, 6.45) is 0.367. The molecule has 0 amide bonds. The van der Waals surface area contributed by atoms with Crippen molar-refractivity contribution in [2.24, 2.45) is 0 Å². The minimum atomic E-state index is -0.733. The van der Waals surface area contributed by atoms with E-state index in [0.717, 1.165) is 0 Å². The van der Waals surface area contributed by atoms with E-state index in [9.17, 15) is 14.4 Å². The summed E-state index contributed by atoms with van der Waals surface area (Å²) in [5.74, 6) is -0.714. The molecule has 1 rings (SSSR count). The number of ether oxygens (including phenoxy) is 2. The molecule has 0 saturated carbocycles. The van der Waals surface area contributed by atoms with Gasteiger partial charge in [0, 0.05) is 24.5 Å². The van der Waals surface area contributed by atoms with Gasteiger partial charge in [0.1, 0.15) is 11.5 Å². The molecule has 1 aromatic carbocycles. The third-order valence-electron chi connectivity index (χ3n) is 2.15. The summed E-state index contributed by atoms with van der Waals surface area (Å²) in [5.41, 5.74) is 0.0852. The first kappa shape index (κ1) is 15.2. The molecule has 0 aliphatic carbocycles. The molecule has 0 atom stereocenters. The van der Waals surface area contributed by atoms with Gasteiger partial charge < -0.3 is 9.47 Å². The summed E-state index contributed by atoms with van der Waals surface area (Å²) in [6.45, 7) is 3.27. The van der Waals surface area contributed by atoms with Gasteiger partial charge in [0.05, 0.1) is 0 Å². The molecule has 0 N–H and O–H groups in total. The third-order valence-corrected chi connectivity index (χ3v) is 2.37. The van der Waals surface area contributed by atoms with Crippen molar-refractivity contribution in [3.8, 4) is 11.5 Å². The maximum absolute atomic E-state index is 11.2. The standard InChI is InChI=1S/C13H13ClO5/c1-3-11(15)18-9-5-8(13(14)17)6-10(7-9)19-12(16)4-2/h5-7H,3-4H2,1-2H3. The molecular formula is C13H13ClO5. The smallest absolute Gasteiger partial charge is 0.310 e. The second-order valence-electron chi connectivity index (χ2n) is 3.62. The Morgan fingerprint density at radius 3 is 1.68 bits per heavy atom. The van der Waals surface area contributed by atoms with Gasteiger partial charge in [-0.2, -0.15) is 0 Å². The second-order valence-corrected chi connectivity index (χ2v) is 3.97. The number of carbonyl (C=O) groups excluding carboxylic acids is 3. The van der Waals surface area contributed by atoms with Crippen molar-refractivity contribution in [3.63, 3.8) is 0 Å². The predicted molar refractivity (Wildman–Crippen MR) is 68.5 cm³/mol. The van der Waals surface area contributed by atoms with Crippen LogP contribution in [-0.4, -0.2) is 17.2 Å². The quantitative estimate of drug-likeness (QED) is 0.472. The zero-order valence-electron chi connectivity index (χ0n) is 10.6. The van der Waals surface area contributed by atoms with Crippen LogP contribution in [0.5, 0.6) is 11.5 Å². The SMILES string of the molecule is CCC(=O)Oc1cc(OC(=O)CC)cc(C(=O)Cl)c1. The summed E-state index contributed by atoms with van der Waals surface area (Å²) in [6, 6.07) is 3.97. The number of esters is 2. The monoisotopic (exact) mass is 284 g/mol. The number of hydrogen-bond donors (Lipinski definition) is 0. The van der Waals surface area contributed by atoms with Crippen molar-refractivity contribution < 1.29 is 23.9 Å². The minimum Gasteiger partial charge on any atom is -0.426 e. The molecule has 0 spiro atoms. The third kappa shape index (κ3) is 4.71. The van der Waals surface area contributed by atoms with Gasteiger partial charge in [0.15, 0.2) is 0 Å². The zero-order chi connectivity index (χ0) is 14.4. The average Bonchev–Trinajstić information content (AvgIpc) is 2.37. The molecule has 19 heavy (non-hydrogen) atoms. The van der Waals surface area contributed by atoms with Gasteiger partial charge in [0.2, 0.25) is 0 Å². The van der Waals surface area contributed by atoms with Crippen molar-refractivity contribution in [1.82, 2.24) is 0 Å². The van der Waals surface area contributed by atoms with Gasteiger partial charge >= 0.3 is 11.9 Å². The maximum atomic E-state index is 11.2. The van der Waals surface area contributed by atoms with Crippen LogP contribution >= 0.6 is 11.6 Å². The Kier molecular flexibility index (Phi) is 5.51. The Balaban J connectivity index is 3.06. The van der Waals surface area contributed by atoms with Gasteiger partial charge in [-0.15, -0.1) is 0 Å². The highest BCUT2D eigenvalue weighted by Crippen LogP contribution is 2.24. The normalized spacial score (nSPS) is 9.84. The molecule has 0 unspecified atom stereocenters. The zero-order valence-corrected chi connectivity index (χ0v) is 11.3. The first-order chi connectivity index (χ1) is 8.96. The lowest BCUT2D eigenvalue weighted by atomic mass is 10.2. The Bertz CT molecular complexity index is 474. The Morgan fingerprint density at radius 2 is 1.37 bits per heavy atom. The molecule has 6 heteroatoms. The van der Waals surface area contributed by atoms with E-state index in [1.54, 1.807) is 13.8 Å². The molecule has 102 valence electrons. The summed E-state index contributed by atoms with van der Waals surface area (Å²) >= 11 is 5.37. The van der Waals surface area contributed by atoms with Crippen LogP contribution in [0.15, 0.2) is 18.2 Å². The van der Waals surface area contributed by atoms with Gasteiger partial charge in [-0.3, -0.25) is 14.4 Å². The van der Waals surface area contributed by atoms with Crippen molar-refractivity contribution in [2.75, 3.05) is 0 Å². The van der Waals surface area contributed by atoms with Gasteiger partial charge in [-0.25, -0.2) is 0 Å². The lowest BCUT2D eigenvalue weighted by Crippen LogP contribution is -2.09. The number of carbonyl (C=O) groups is 3. The van der Waals surface area contributed by atoms with Crippen LogP contribution in [-0.2, 0) is 9.59 Å². The van der Waals surface area contributed by atoms with Crippen LogP contribution in [0.3, 0.4) is 0 Å². The van der Waals surface area contributed by atoms with Crippen LogP contribution in [0.25, 0.3) is 0 Å². The van der Waals surface area contributed by atoms with E-state index >= 15 is 0 Å². The first-order valence-electron chi connectivity index (χ1n) is 5.72. The van der Waals surface area contributed by atoms with Gasteiger partial charge in [-0.1, -0.05) is 13.8 Å². The Morgan fingerprint density at radius 1 is 0.947 bits per heavy atom. The van der Waals surface area contributed by atoms with Crippen LogP contribution in [0.2, 0.25) is 0 Å². The average molecular weight is 285 g/mol. The minimum absolute atomic E-state index is 0.0852. The van der Waals surface area contributed by atoms with E-state index < -0.39 is 17.2 Å². The summed E-state index contributed by atoms with van der Waals surface area (Å²) in [4.78, 5) is 33.6. The molecule has 0 radical (unpaired) electrons. The highest BCUT2D eigenvalue weighted by Gasteiger charge is 2.12. The van der Waals surface area contributed by atoms with Crippen molar-refractivity contribution in [1.29, 1.82) is 0 Å². The largest absolute Gasteiger partial charge is 0.426 e. The molecule has 0 aromatic heterocycles. The maximum Gasteiger partial charge on any atom is 0.310 e. The number of hydrogen-bond acceptors (Lipinski definition) is 5.